The lowest BCUT2D eigenvalue weighted by Gasteiger charge is -2.12. The number of halogens is 1. The largest absolute Gasteiger partial charge is 0.392 e. The molecule has 0 aliphatic heterocycles. The van der Waals surface area contributed by atoms with Crippen molar-refractivity contribution in [2.24, 2.45) is 0 Å². The first kappa shape index (κ1) is 19.2. The molecule has 1 heterocycles. The van der Waals surface area contributed by atoms with E-state index in [1.165, 1.54) is 0 Å². The molecule has 0 saturated heterocycles. The Hall–Kier alpha value is -2.57. The van der Waals surface area contributed by atoms with E-state index < -0.39 is 6.10 Å². The van der Waals surface area contributed by atoms with Crippen LogP contribution in [0.15, 0.2) is 48.5 Å². The Morgan fingerprint density at radius 3 is 2.70 bits per heavy atom. The predicted octanol–water partition coefficient (Wildman–Crippen LogP) is 2.84. The lowest BCUT2D eigenvalue weighted by Crippen LogP contribution is -2.30. The normalized spacial score (nSPS) is 12.1. The minimum atomic E-state index is -0.508. The van der Waals surface area contributed by atoms with Crippen LogP contribution >= 0.6 is 11.6 Å². The van der Waals surface area contributed by atoms with Crippen molar-refractivity contribution in [3.8, 4) is 0 Å². The van der Waals surface area contributed by atoms with Crippen LogP contribution in [0.4, 0.5) is 5.95 Å². The minimum Gasteiger partial charge on any atom is -0.392 e. The molecule has 2 aromatic carbocycles. The third kappa shape index (κ3) is 5.21. The summed E-state index contributed by atoms with van der Waals surface area (Å²) in [6.45, 7) is 2.76. The van der Waals surface area contributed by atoms with E-state index in [1.54, 1.807) is 6.92 Å². The third-order valence-corrected chi connectivity index (χ3v) is 4.41. The van der Waals surface area contributed by atoms with Gasteiger partial charge in [-0.1, -0.05) is 35.9 Å². The van der Waals surface area contributed by atoms with Gasteiger partial charge in [0.05, 0.1) is 17.1 Å². The summed E-state index contributed by atoms with van der Waals surface area (Å²) in [5.41, 5.74) is 2.80. The van der Waals surface area contributed by atoms with Crippen LogP contribution in [0.5, 0.6) is 0 Å². The zero-order chi connectivity index (χ0) is 19.2. The van der Waals surface area contributed by atoms with Crippen molar-refractivity contribution in [1.82, 2.24) is 14.9 Å². The van der Waals surface area contributed by atoms with Gasteiger partial charge < -0.3 is 20.3 Å². The summed E-state index contributed by atoms with van der Waals surface area (Å²) in [5, 5.41) is 16.3. The summed E-state index contributed by atoms with van der Waals surface area (Å²) in [5.74, 6) is 0.483. The topological polar surface area (TPSA) is 79.2 Å². The Balaban J connectivity index is 1.64. The molecule has 0 spiro atoms. The number of nitrogens with zero attached hydrogens (tertiary/aromatic N) is 2. The molecule has 0 radical (unpaired) electrons. The predicted molar refractivity (Wildman–Crippen MR) is 108 cm³/mol. The van der Waals surface area contributed by atoms with E-state index >= 15 is 0 Å². The summed E-state index contributed by atoms with van der Waals surface area (Å²) in [4.78, 5) is 17.0. The van der Waals surface area contributed by atoms with E-state index in [9.17, 15) is 9.90 Å². The Labute approximate surface area is 163 Å². The number of carbonyl (C=O) groups excluding carboxylic acids is 1. The van der Waals surface area contributed by atoms with Gasteiger partial charge >= 0.3 is 0 Å². The number of hydrogen-bond acceptors (Lipinski definition) is 4. The van der Waals surface area contributed by atoms with Crippen LogP contribution in [0.25, 0.3) is 11.0 Å². The Kier molecular flexibility index (Phi) is 6.32. The van der Waals surface area contributed by atoms with Crippen molar-refractivity contribution in [3.63, 3.8) is 0 Å². The highest BCUT2D eigenvalue weighted by molar-refractivity contribution is 6.30. The molecule has 0 aliphatic carbocycles. The fourth-order valence-corrected chi connectivity index (χ4v) is 2.93. The number of fused-ring (bicyclic) bond motifs is 1. The summed E-state index contributed by atoms with van der Waals surface area (Å²) in [7, 11) is 0. The maximum Gasteiger partial charge on any atom is 0.240 e. The third-order valence-electron chi connectivity index (χ3n) is 4.16. The molecule has 27 heavy (non-hydrogen) atoms. The number of imidazole rings is 1. The van der Waals surface area contributed by atoms with E-state index in [4.69, 9.17) is 11.6 Å². The smallest absolute Gasteiger partial charge is 0.240 e. The van der Waals surface area contributed by atoms with Crippen molar-refractivity contribution in [2.45, 2.75) is 26.0 Å². The number of aromatic nitrogens is 2. The quantitative estimate of drug-likeness (QED) is 0.556. The molecule has 0 fully saturated rings. The molecule has 7 heteroatoms. The van der Waals surface area contributed by atoms with Crippen LogP contribution in [0.1, 0.15) is 12.5 Å². The number of hydrogen-bond donors (Lipinski definition) is 3. The van der Waals surface area contributed by atoms with Gasteiger partial charge in [-0.2, -0.15) is 0 Å². The van der Waals surface area contributed by atoms with Crippen LogP contribution in [0.2, 0.25) is 5.02 Å². The van der Waals surface area contributed by atoms with Crippen molar-refractivity contribution >= 4 is 34.5 Å². The molecule has 0 saturated carbocycles. The van der Waals surface area contributed by atoms with E-state index in [0.29, 0.717) is 24.1 Å². The first-order valence-electron chi connectivity index (χ1n) is 8.91. The van der Waals surface area contributed by atoms with Gasteiger partial charge in [0.25, 0.3) is 0 Å². The highest BCUT2D eigenvalue weighted by atomic mass is 35.5. The van der Waals surface area contributed by atoms with Gasteiger partial charge in [-0.15, -0.1) is 0 Å². The van der Waals surface area contributed by atoms with E-state index in [2.05, 4.69) is 15.6 Å². The Bertz CT molecular complexity index is 906. The second-order valence-electron chi connectivity index (χ2n) is 6.47. The van der Waals surface area contributed by atoms with Gasteiger partial charge in [0, 0.05) is 18.1 Å². The maximum absolute atomic E-state index is 12.4. The summed E-state index contributed by atoms with van der Waals surface area (Å²) in [6, 6.07) is 15.2. The van der Waals surface area contributed by atoms with Gasteiger partial charge in [0.15, 0.2) is 0 Å². The molecule has 0 bridgehead atoms. The lowest BCUT2D eigenvalue weighted by molar-refractivity contribution is -0.121. The van der Waals surface area contributed by atoms with Crippen molar-refractivity contribution < 1.29 is 9.90 Å². The SMILES string of the molecule is C[C@H](O)CNc1nc2ccccc2n1CC(=O)NCCc1ccc(Cl)cc1. The second kappa shape index (κ2) is 8.88. The standard InChI is InChI=1S/C20H23ClN4O2/c1-14(26)12-23-20-24-17-4-2-3-5-18(17)25(20)13-19(27)22-11-10-15-6-8-16(21)9-7-15/h2-9,14,26H,10-13H2,1H3,(H,22,27)(H,23,24)/t14-/m0/s1. The lowest BCUT2D eigenvalue weighted by atomic mass is 10.1. The van der Waals surface area contributed by atoms with Crippen molar-refractivity contribution in [2.75, 3.05) is 18.4 Å². The first-order valence-corrected chi connectivity index (χ1v) is 9.29. The van der Waals surface area contributed by atoms with Gasteiger partial charge in [-0.25, -0.2) is 4.98 Å². The fourth-order valence-electron chi connectivity index (χ4n) is 2.81. The number of carbonyl (C=O) groups is 1. The molecule has 6 nitrogen and oxygen atoms in total. The van der Waals surface area contributed by atoms with Crippen LogP contribution < -0.4 is 10.6 Å². The number of aliphatic hydroxyl groups is 1. The van der Waals surface area contributed by atoms with E-state index in [0.717, 1.165) is 23.0 Å². The van der Waals surface area contributed by atoms with Gasteiger partial charge in [0.2, 0.25) is 11.9 Å². The molecule has 0 unspecified atom stereocenters. The fraction of sp³-hybridized carbons (Fsp3) is 0.300. The number of anilines is 1. The number of nitrogens with one attached hydrogen (secondary N) is 2. The Morgan fingerprint density at radius 2 is 1.96 bits per heavy atom. The zero-order valence-electron chi connectivity index (χ0n) is 15.2. The average molecular weight is 387 g/mol. The average Bonchev–Trinajstić information content (AvgIpc) is 2.99. The minimum absolute atomic E-state index is 0.0905. The highest BCUT2D eigenvalue weighted by Gasteiger charge is 2.13. The molecule has 0 aliphatic rings. The molecule has 3 aromatic rings. The van der Waals surface area contributed by atoms with Crippen molar-refractivity contribution in [1.29, 1.82) is 0 Å². The summed E-state index contributed by atoms with van der Waals surface area (Å²) in [6.07, 6.45) is 0.229. The molecular weight excluding hydrogens is 364 g/mol. The Morgan fingerprint density at radius 1 is 1.22 bits per heavy atom. The van der Waals surface area contributed by atoms with Crippen LogP contribution in [-0.2, 0) is 17.8 Å². The van der Waals surface area contributed by atoms with Gasteiger partial charge in [-0.05, 0) is 43.2 Å². The molecule has 142 valence electrons. The maximum atomic E-state index is 12.4. The van der Waals surface area contributed by atoms with Gasteiger partial charge in [-0.3, -0.25) is 4.79 Å². The molecule has 1 amide bonds. The monoisotopic (exact) mass is 386 g/mol. The summed E-state index contributed by atoms with van der Waals surface area (Å²) < 4.78 is 1.83. The molecule has 1 atom stereocenters. The number of amides is 1. The van der Waals surface area contributed by atoms with Crippen LogP contribution in [0, 0.1) is 0 Å². The van der Waals surface area contributed by atoms with Crippen LogP contribution in [0.3, 0.4) is 0 Å². The first-order chi connectivity index (χ1) is 13.0. The van der Waals surface area contributed by atoms with Gasteiger partial charge in [0.1, 0.15) is 6.54 Å². The highest BCUT2D eigenvalue weighted by Crippen LogP contribution is 2.19. The summed E-state index contributed by atoms with van der Waals surface area (Å²) >= 11 is 5.88. The zero-order valence-corrected chi connectivity index (χ0v) is 15.9. The number of para-hydroxylation sites is 2. The van der Waals surface area contributed by atoms with Crippen molar-refractivity contribution in [3.05, 3.63) is 59.1 Å². The number of benzene rings is 2. The van der Waals surface area contributed by atoms with Crippen LogP contribution in [-0.4, -0.2) is 39.8 Å². The molecular formula is C20H23ClN4O2. The number of aliphatic hydroxyl groups excluding tert-OH is 1. The van der Waals surface area contributed by atoms with E-state index in [-0.39, 0.29) is 12.5 Å². The van der Waals surface area contributed by atoms with E-state index in [1.807, 2.05) is 53.1 Å². The number of rotatable bonds is 8. The second-order valence-corrected chi connectivity index (χ2v) is 6.90. The molecule has 3 rings (SSSR count). The molecule has 1 aromatic heterocycles. The molecule has 3 N–H and O–H groups in total.